The molecule has 0 unspecified atom stereocenters. The lowest BCUT2D eigenvalue weighted by atomic mass is 9.82. The van der Waals surface area contributed by atoms with E-state index in [2.05, 4.69) is 5.32 Å². The Morgan fingerprint density at radius 1 is 1.35 bits per heavy atom. The Morgan fingerprint density at radius 2 is 1.95 bits per heavy atom. The molecule has 5 nitrogen and oxygen atoms in total. The molecule has 0 aliphatic heterocycles. The highest BCUT2D eigenvalue weighted by atomic mass is 19.1. The maximum absolute atomic E-state index is 13.3. The molecule has 0 aliphatic carbocycles. The molecule has 0 fully saturated rings. The number of nitrogens with one attached hydrogen (secondary N) is 1. The van der Waals surface area contributed by atoms with Crippen LogP contribution in [0.2, 0.25) is 0 Å². The largest absolute Gasteiger partial charge is 0.481 e. The van der Waals surface area contributed by atoms with E-state index in [1.54, 1.807) is 13.8 Å². The van der Waals surface area contributed by atoms with Crippen LogP contribution in [0.1, 0.15) is 37.0 Å². The lowest BCUT2D eigenvalue weighted by molar-refractivity contribution is -0.149. The van der Waals surface area contributed by atoms with Crippen molar-refractivity contribution < 1.29 is 19.1 Å². The van der Waals surface area contributed by atoms with E-state index < -0.39 is 23.1 Å². The molecule has 20 heavy (non-hydrogen) atoms. The van der Waals surface area contributed by atoms with Gasteiger partial charge in [0.05, 0.1) is 11.1 Å². The van der Waals surface area contributed by atoms with E-state index in [0.29, 0.717) is 12.8 Å². The fourth-order valence-corrected chi connectivity index (χ4v) is 1.90. The minimum absolute atomic E-state index is 0.000161. The molecular formula is C14H19FN2O3. The van der Waals surface area contributed by atoms with E-state index in [-0.39, 0.29) is 17.8 Å². The Morgan fingerprint density at radius 3 is 2.40 bits per heavy atom. The number of carboxylic acids is 1. The monoisotopic (exact) mass is 282 g/mol. The van der Waals surface area contributed by atoms with Crippen LogP contribution in [0.4, 0.5) is 10.1 Å². The number of amides is 1. The van der Waals surface area contributed by atoms with Gasteiger partial charge >= 0.3 is 5.97 Å². The highest BCUT2D eigenvalue weighted by molar-refractivity contribution is 5.94. The summed E-state index contributed by atoms with van der Waals surface area (Å²) in [6, 6.07) is 3.73. The smallest absolute Gasteiger partial charge is 0.311 e. The predicted octanol–water partition coefficient (Wildman–Crippen LogP) is 2.03. The summed E-state index contributed by atoms with van der Waals surface area (Å²) < 4.78 is 13.3. The van der Waals surface area contributed by atoms with Crippen molar-refractivity contribution in [1.82, 2.24) is 5.32 Å². The molecule has 110 valence electrons. The summed E-state index contributed by atoms with van der Waals surface area (Å²) in [4.78, 5) is 23.2. The lowest BCUT2D eigenvalue weighted by Gasteiger charge is -2.26. The number of hydrogen-bond donors (Lipinski definition) is 3. The second-order valence-corrected chi connectivity index (χ2v) is 4.71. The third-order valence-corrected chi connectivity index (χ3v) is 3.66. The summed E-state index contributed by atoms with van der Waals surface area (Å²) in [6.07, 6.45) is 0.796. The molecule has 0 aliphatic rings. The summed E-state index contributed by atoms with van der Waals surface area (Å²) in [7, 11) is 0. The van der Waals surface area contributed by atoms with E-state index in [9.17, 15) is 19.1 Å². The fraction of sp³-hybridized carbons (Fsp3) is 0.429. The summed E-state index contributed by atoms with van der Waals surface area (Å²) in [6.45, 7) is 3.51. The normalized spacial score (nSPS) is 11.2. The summed E-state index contributed by atoms with van der Waals surface area (Å²) in [5, 5.41) is 11.8. The number of nitrogens with two attached hydrogens (primary N) is 1. The van der Waals surface area contributed by atoms with E-state index in [4.69, 9.17) is 5.73 Å². The van der Waals surface area contributed by atoms with Gasteiger partial charge in [0.2, 0.25) is 0 Å². The Balaban J connectivity index is 2.80. The van der Waals surface area contributed by atoms with Crippen molar-refractivity contribution >= 4 is 17.6 Å². The third-order valence-electron chi connectivity index (χ3n) is 3.66. The molecule has 6 heteroatoms. The van der Waals surface area contributed by atoms with Gasteiger partial charge in [0, 0.05) is 12.1 Å². The number of carboxylic acid groups (broad SMARTS) is 1. The number of benzene rings is 1. The first-order valence-electron chi connectivity index (χ1n) is 6.43. The quantitative estimate of drug-likeness (QED) is 0.696. The average Bonchev–Trinajstić information content (AvgIpc) is 2.43. The molecule has 0 heterocycles. The van der Waals surface area contributed by atoms with Crippen molar-refractivity contribution in [3.63, 3.8) is 0 Å². The van der Waals surface area contributed by atoms with Gasteiger partial charge in [0.25, 0.3) is 5.91 Å². The molecule has 1 aromatic rings. The molecule has 0 aromatic heterocycles. The first-order valence-corrected chi connectivity index (χ1v) is 6.43. The third kappa shape index (κ3) is 3.26. The number of halogens is 1. The van der Waals surface area contributed by atoms with E-state index in [1.165, 1.54) is 12.1 Å². The summed E-state index contributed by atoms with van der Waals surface area (Å²) in [5.41, 5.74) is 4.41. The van der Waals surface area contributed by atoms with Gasteiger partial charge in [-0.25, -0.2) is 4.39 Å². The van der Waals surface area contributed by atoms with Gasteiger partial charge in [0.15, 0.2) is 0 Å². The van der Waals surface area contributed by atoms with E-state index in [1.807, 2.05) is 0 Å². The Hall–Kier alpha value is -2.11. The number of carbonyl (C=O) groups is 2. The van der Waals surface area contributed by atoms with Gasteiger partial charge in [-0.15, -0.1) is 0 Å². The van der Waals surface area contributed by atoms with Gasteiger partial charge in [-0.3, -0.25) is 9.59 Å². The molecule has 0 saturated carbocycles. The van der Waals surface area contributed by atoms with Crippen LogP contribution in [0.3, 0.4) is 0 Å². The average molecular weight is 282 g/mol. The van der Waals surface area contributed by atoms with E-state index >= 15 is 0 Å². The van der Waals surface area contributed by atoms with Crippen molar-refractivity contribution in [3.05, 3.63) is 29.6 Å². The van der Waals surface area contributed by atoms with Crippen molar-refractivity contribution in [1.29, 1.82) is 0 Å². The first-order chi connectivity index (χ1) is 9.36. The Bertz CT molecular complexity index is 513. The van der Waals surface area contributed by atoms with E-state index in [0.717, 1.165) is 6.07 Å². The minimum Gasteiger partial charge on any atom is -0.481 e. The van der Waals surface area contributed by atoms with Gasteiger partial charge in [0.1, 0.15) is 5.82 Å². The second kappa shape index (κ2) is 6.36. The Labute approximate surface area is 117 Å². The van der Waals surface area contributed by atoms with Crippen LogP contribution < -0.4 is 11.1 Å². The highest BCUT2D eigenvalue weighted by Crippen LogP contribution is 2.25. The van der Waals surface area contributed by atoms with Crippen molar-refractivity contribution in [3.8, 4) is 0 Å². The molecule has 0 saturated heterocycles. The van der Waals surface area contributed by atoms with Crippen LogP contribution in [-0.4, -0.2) is 23.5 Å². The van der Waals surface area contributed by atoms with Crippen LogP contribution in [-0.2, 0) is 4.79 Å². The van der Waals surface area contributed by atoms with Crippen molar-refractivity contribution in [2.45, 2.75) is 26.7 Å². The van der Waals surface area contributed by atoms with Crippen LogP contribution in [0.5, 0.6) is 0 Å². The first kappa shape index (κ1) is 15.9. The van der Waals surface area contributed by atoms with Gasteiger partial charge < -0.3 is 16.2 Å². The zero-order valence-electron chi connectivity index (χ0n) is 11.6. The van der Waals surface area contributed by atoms with Gasteiger partial charge in [-0.2, -0.15) is 0 Å². The zero-order valence-corrected chi connectivity index (χ0v) is 11.6. The summed E-state index contributed by atoms with van der Waals surface area (Å²) in [5.74, 6) is -2.14. The van der Waals surface area contributed by atoms with Gasteiger partial charge in [-0.1, -0.05) is 13.8 Å². The molecule has 0 atom stereocenters. The lowest BCUT2D eigenvalue weighted by Crippen LogP contribution is -2.42. The van der Waals surface area contributed by atoms with Crippen LogP contribution in [0.25, 0.3) is 0 Å². The summed E-state index contributed by atoms with van der Waals surface area (Å²) >= 11 is 0. The van der Waals surface area contributed by atoms with Gasteiger partial charge in [-0.05, 0) is 31.0 Å². The Kier molecular flexibility index (Phi) is 5.07. The number of hydrogen-bond acceptors (Lipinski definition) is 3. The SMILES string of the molecule is CCC(CC)(CNC(=O)c1ccc(N)c(F)c1)C(=O)O. The van der Waals surface area contributed by atoms with Crippen molar-refractivity contribution in [2.24, 2.45) is 5.41 Å². The molecule has 1 rings (SSSR count). The van der Waals surface area contributed by atoms with Crippen LogP contribution >= 0.6 is 0 Å². The molecule has 1 amide bonds. The molecular weight excluding hydrogens is 263 g/mol. The number of aliphatic carboxylic acids is 1. The van der Waals surface area contributed by atoms with Crippen LogP contribution in [0, 0.1) is 11.2 Å². The van der Waals surface area contributed by atoms with Crippen molar-refractivity contribution in [2.75, 3.05) is 12.3 Å². The number of rotatable bonds is 6. The fourth-order valence-electron chi connectivity index (χ4n) is 1.90. The van der Waals surface area contributed by atoms with Crippen LogP contribution in [0.15, 0.2) is 18.2 Å². The number of nitrogen functional groups attached to an aromatic ring is 1. The zero-order chi connectivity index (χ0) is 15.3. The minimum atomic E-state index is -0.998. The number of anilines is 1. The standard InChI is InChI=1S/C14H19FN2O3/c1-3-14(4-2,13(19)20)8-17-12(18)9-5-6-11(16)10(15)7-9/h5-7H,3-4,8,16H2,1-2H3,(H,17,18)(H,19,20). The second-order valence-electron chi connectivity index (χ2n) is 4.71. The maximum atomic E-state index is 13.3. The molecule has 0 spiro atoms. The maximum Gasteiger partial charge on any atom is 0.311 e. The molecule has 4 N–H and O–H groups in total. The topological polar surface area (TPSA) is 92.4 Å². The highest BCUT2D eigenvalue weighted by Gasteiger charge is 2.35. The molecule has 0 bridgehead atoms. The molecule has 1 aromatic carbocycles. The number of carbonyl (C=O) groups excluding carboxylic acids is 1. The predicted molar refractivity (Wildman–Crippen MR) is 73.8 cm³/mol. The molecule has 0 radical (unpaired) electrons.